The first-order valence-electron chi connectivity index (χ1n) is 9.18. The third kappa shape index (κ3) is 3.93. The van der Waals surface area contributed by atoms with Crippen LogP contribution in [0.1, 0.15) is 27.3 Å². The van der Waals surface area contributed by atoms with Gasteiger partial charge >= 0.3 is 0 Å². The molecule has 1 amide bonds. The summed E-state index contributed by atoms with van der Waals surface area (Å²) in [7, 11) is 0. The molecule has 0 fully saturated rings. The average Bonchev–Trinajstić information content (AvgIpc) is 3.09. The van der Waals surface area contributed by atoms with E-state index in [0.717, 1.165) is 35.3 Å². The molecule has 140 valence electrons. The standard InChI is InChI=1S/C23H20FN3O/c1-15-6-12-20-21(14-15)27-22(26-20)13-9-16-7-10-17(11-8-16)25-23(28)18-4-2-3-5-19(18)24/h2-8,10-12,14H,9,13H2,1H3,(H,25,28)(H,26,27). The van der Waals surface area contributed by atoms with Crippen molar-refractivity contribution >= 4 is 22.6 Å². The number of benzene rings is 3. The van der Waals surface area contributed by atoms with E-state index in [1.807, 2.05) is 30.3 Å². The maximum Gasteiger partial charge on any atom is 0.258 e. The van der Waals surface area contributed by atoms with Crippen molar-refractivity contribution in [2.45, 2.75) is 19.8 Å². The van der Waals surface area contributed by atoms with Gasteiger partial charge in [-0.1, -0.05) is 30.3 Å². The molecule has 0 unspecified atom stereocenters. The molecule has 0 atom stereocenters. The summed E-state index contributed by atoms with van der Waals surface area (Å²) in [5.74, 6) is -0.0291. The lowest BCUT2D eigenvalue weighted by atomic mass is 10.1. The second-order valence-corrected chi connectivity index (χ2v) is 6.83. The number of carbonyl (C=O) groups is 1. The highest BCUT2D eigenvalue weighted by Gasteiger charge is 2.11. The minimum Gasteiger partial charge on any atom is -0.342 e. The molecule has 1 aromatic heterocycles. The molecule has 0 aliphatic rings. The molecule has 1 heterocycles. The van der Waals surface area contributed by atoms with Crippen LogP contribution in [-0.2, 0) is 12.8 Å². The van der Waals surface area contributed by atoms with Gasteiger partial charge in [0.2, 0.25) is 0 Å². The molecule has 4 aromatic rings. The van der Waals surface area contributed by atoms with Crippen molar-refractivity contribution in [1.29, 1.82) is 0 Å². The second kappa shape index (κ2) is 7.64. The minimum absolute atomic E-state index is 0.0340. The van der Waals surface area contributed by atoms with Crippen LogP contribution in [0.4, 0.5) is 10.1 Å². The van der Waals surface area contributed by atoms with Gasteiger partial charge in [0.15, 0.2) is 0 Å². The molecule has 0 saturated heterocycles. The number of anilines is 1. The van der Waals surface area contributed by atoms with E-state index in [4.69, 9.17) is 0 Å². The summed E-state index contributed by atoms with van der Waals surface area (Å²) in [5.41, 5.74) is 5.05. The zero-order chi connectivity index (χ0) is 19.5. The van der Waals surface area contributed by atoms with E-state index in [-0.39, 0.29) is 5.56 Å². The Morgan fingerprint density at radius 3 is 2.61 bits per heavy atom. The second-order valence-electron chi connectivity index (χ2n) is 6.83. The highest BCUT2D eigenvalue weighted by atomic mass is 19.1. The Morgan fingerprint density at radius 2 is 1.82 bits per heavy atom. The van der Waals surface area contributed by atoms with Crippen molar-refractivity contribution in [1.82, 2.24) is 9.97 Å². The first kappa shape index (κ1) is 17.9. The number of aromatic amines is 1. The lowest BCUT2D eigenvalue weighted by Crippen LogP contribution is -2.13. The fourth-order valence-corrected chi connectivity index (χ4v) is 3.16. The highest BCUT2D eigenvalue weighted by Crippen LogP contribution is 2.16. The normalized spacial score (nSPS) is 10.9. The largest absolute Gasteiger partial charge is 0.342 e. The van der Waals surface area contributed by atoms with Gasteiger partial charge in [-0.15, -0.1) is 0 Å². The molecule has 0 radical (unpaired) electrons. The molecule has 28 heavy (non-hydrogen) atoms. The Hall–Kier alpha value is -3.47. The third-order valence-corrected chi connectivity index (χ3v) is 4.67. The number of aromatic nitrogens is 2. The molecule has 0 spiro atoms. The molecule has 4 rings (SSSR count). The summed E-state index contributed by atoms with van der Waals surface area (Å²) in [6.45, 7) is 2.06. The molecule has 4 nitrogen and oxygen atoms in total. The molecule has 5 heteroatoms. The topological polar surface area (TPSA) is 57.8 Å². The van der Waals surface area contributed by atoms with E-state index < -0.39 is 11.7 Å². The Bertz CT molecular complexity index is 1130. The van der Waals surface area contributed by atoms with Crippen LogP contribution in [0.15, 0.2) is 66.7 Å². The summed E-state index contributed by atoms with van der Waals surface area (Å²) in [4.78, 5) is 20.2. The number of fused-ring (bicyclic) bond motifs is 1. The van der Waals surface area contributed by atoms with Crippen LogP contribution in [-0.4, -0.2) is 15.9 Å². The SMILES string of the molecule is Cc1ccc2nc(CCc3ccc(NC(=O)c4ccccc4F)cc3)[nH]c2c1. The van der Waals surface area contributed by atoms with E-state index in [0.29, 0.717) is 5.69 Å². The molecule has 2 N–H and O–H groups in total. The van der Waals surface area contributed by atoms with E-state index in [9.17, 15) is 9.18 Å². The number of hydrogen-bond acceptors (Lipinski definition) is 2. The lowest BCUT2D eigenvalue weighted by Gasteiger charge is -2.07. The van der Waals surface area contributed by atoms with Crippen LogP contribution in [0.25, 0.3) is 11.0 Å². The van der Waals surface area contributed by atoms with Crippen molar-refractivity contribution in [3.05, 3.63) is 95.1 Å². The number of carbonyl (C=O) groups excluding carboxylic acids is 1. The number of amides is 1. The predicted molar refractivity (Wildman–Crippen MR) is 109 cm³/mol. The number of imidazole rings is 1. The molecule has 0 saturated carbocycles. The van der Waals surface area contributed by atoms with E-state index in [1.54, 1.807) is 12.1 Å². The number of aryl methyl sites for hydroxylation is 3. The molecule has 0 aliphatic heterocycles. The van der Waals surface area contributed by atoms with Crippen LogP contribution in [0.5, 0.6) is 0 Å². The maximum absolute atomic E-state index is 13.7. The van der Waals surface area contributed by atoms with Gasteiger partial charge in [-0.25, -0.2) is 9.37 Å². The molecule has 0 aliphatic carbocycles. The first-order valence-corrected chi connectivity index (χ1v) is 9.18. The van der Waals surface area contributed by atoms with E-state index in [1.165, 1.54) is 17.7 Å². The van der Waals surface area contributed by atoms with Crippen molar-refractivity contribution in [3.63, 3.8) is 0 Å². The fourth-order valence-electron chi connectivity index (χ4n) is 3.16. The Kier molecular flexibility index (Phi) is 4.89. The third-order valence-electron chi connectivity index (χ3n) is 4.67. The monoisotopic (exact) mass is 373 g/mol. The Morgan fingerprint density at radius 1 is 1.04 bits per heavy atom. The predicted octanol–water partition coefficient (Wildman–Crippen LogP) is 5.05. The van der Waals surface area contributed by atoms with Crippen LogP contribution >= 0.6 is 0 Å². The maximum atomic E-state index is 13.7. The first-order chi connectivity index (χ1) is 13.6. The van der Waals surface area contributed by atoms with Crippen LogP contribution in [0.2, 0.25) is 0 Å². The van der Waals surface area contributed by atoms with Crippen LogP contribution < -0.4 is 5.32 Å². The molecule has 0 bridgehead atoms. The zero-order valence-electron chi connectivity index (χ0n) is 15.5. The molecular weight excluding hydrogens is 353 g/mol. The van der Waals surface area contributed by atoms with Gasteiger partial charge in [0.05, 0.1) is 16.6 Å². The average molecular weight is 373 g/mol. The van der Waals surface area contributed by atoms with E-state index >= 15 is 0 Å². The van der Waals surface area contributed by atoms with Gasteiger partial charge in [0.25, 0.3) is 5.91 Å². The van der Waals surface area contributed by atoms with Gasteiger partial charge in [-0.05, 0) is 60.9 Å². The number of nitrogens with one attached hydrogen (secondary N) is 2. The van der Waals surface area contributed by atoms with Crippen molar-refractivity contribution in [2.24, 2.45) is 0 Å². The minimum atomic E-state index is -0.530. The molecular formula is C23H20FN3O. The summed E-state index contributed by atoms with van der Waals surface area (Å²) in [6, 6.07) is 19.7. The number of H-pyrrole nitrogens is 1. The Labute approximate surface area is 162 Å². The van der Waals surface area contributed by atoms with Crippen molar-refractivity contribution < 1.29 is 9.18 Å². The van der Waals surface area contributed by atoms with Gasteiger partial charge < -0.3 is 10.3 Å². The van der Waals surface area contributed by atoms with Gasteiger partial charge in [-0.2, -0.15) is 0 Å². The summed E-state index contributed by atoms with van der Waals surface area (Å²) >= 11 is 0. The van der Waals surface area contributed by atoms with E-state index in [2.05, 4.69) is 34.3 Å². The zero-order valence-corrected chi connectivity index (χ0v) is 15.5. The summed E-state index contributed by atoms with van der Waals surface area (Å²) in [6.07, 6.45) is 1.63. The number of rotatable bonds is 5. The van der Waals surface area contributed by atoms with Gasteiger partial charge in [-0.3, -0.25) is 4.79 Å². The number of nitrogens with zero attached hydrogens (tertiary/aromatic N) is 1. The quantitative estimate of drug-likeness (QED) is 0.514. The van der Waals surface area contributed by atoms with Crippen molar-refractivity contribution in [3.8, 4) is 0 Å². The lowest BCUT2D eigenvalue weighted by molar-refractivity contribution is 0.102. The summed E-state index contributed by atoms with van der Waals surface area (Å²) < 4.78 is 13.7. The molecule has 3 aromatic carbocycles. The van der Waals surface area contributed by atoms with Gasteiger partial charge in [0.1, 0.15) is 11.6 Å². The fraction of sp³-hybridized carbons (Fsp3) is 0.130. The highest BCUT2D eigenvalue weighted by molar-refractivity contribution is 6.04. The van der Waals surface area contributed by atoms with Gasteiger partial charge in [0, 0.05) is 12.1 Å². The van der Waals surface area contributed by atoms with Crippen LogP contribution in [0, 0.1) is 12.7 Å². The number of hydrogen-bond donors (Lipinski definition) is 2. The van der Waals surface area contributed by atoms with Crippen LogP contribution in [0.3, 0.4) is 0 Å². The number of halogens is 1. The Balaban J connectivity index is 1.39. The summed E-state index contributed by atoms with van der Waals surface area (Å²) in [5, 5.41) is 2.73. The smallest absolute Gasteiger partial charge is 0.258 e. The van der Waals surface area contributed by atoms with Crippen molar-refractivity contribution in [2.75, 3.05) is 5.32 Å².